The van der Waals surface area contributed by atoms with Gasteiger partial charge in [0.2, 0.25) is 11.8 Å². The summed E-state index contributed by atoms with van der Waals surface area (Å²) in [4.78, 5) is 26.7. The Labute approximate surface area is 153 Å². The van der Waals surface area contributed by atoms with Gasteiger partial charge >= 0.3 is 0 Å². The third kappa shape index (κ3) is 4.48. The lowest BCUT2D eigenvalue weighted by Crippen LogP contribution is -2.42. The molecule has 1 heterocycles. The Morgan fingerprint density at radius 3 is 2.31 bits per heavy atom. The van der Waals surface area contributed by atoms with Crippen LogP contribution in [0.4, 0.5) is 5.69 Å². The van der Waals surface area contributed by atoms with Crippen LogP contribution in [0.1, 0.15) is 24.0 Å². The molecule has 1 aliphatic heterocycles. The summed E-state index contributed by atoms with van der Waals surface area (Å²) in [5, 5.41) is 11.7. The van der Waals surface area contributed by atoms with E-state index in [0.29, 0.717) is 43.6 Å². The van der Waals surface area contributed by atoms with Gasteiger partial charge < -0.3 is 10.2 Å². The van der Waals surface area contributed by atoms with Gasteiger partial charge in [0.25, 0.3) is 0 Å². The van der Waals surface area contributed by atoms with Crippen LogP contribution in [0.2, 0.25) is 0 Å². The number of nitrogens with zero attached hydrogens (tertiary/aromatic N) is 2. The van der Waals surface area contributed by atoms with Crippen LogP contribution in [0, 0.1) is 17.2 Å². The Morgan fingerprint density at radius 2 is 1.69 bits per heavy atom. The van der Waals surface area contributed by atoms with E-state index >= 15 is 0 Å². The van der Waals surface area contributed by atoms with Crippen molar-refractivity contribution in [2.75, 3.05) is 18.4 Å². The molecule has 26 heavy (non-hydrogen) atoms. The second-order valence-corrected chi connectivity index (χ2v) is 6.50. The number of benzene rings is 2. The first kappa shape index (κ1) is 17.7. The number of nitriles is 1. The number of likely N-dealkylation sites (tertiary alicyclic amines) is 1. The molecule has 3 rings (SSSR count). The summed E-state index contributed by atoms with van der Waals surface area (Å²) in [5.41, 5.74) is 2.27. The summed E-state index contributed by atoms with van der Waals surface area (Å²) in [6.07, 6.45) is 1.74. The molecule has 1 saturated heterocycles. The van der Waals surface area contributed by atoms with E-state index in [4.69, 9.17) is 5.26 Å². The molecule has 2 amide bonds. The van der Waals surface area contributed by atoms with E-state index in [2.05, 4.69) is 11.4 Å². The molecule has 0 saturated carbocycles. The van der Waals surface area contributed by atoms with Crippen molar-refractivity contribution in [1.82, 2.24) is 4.90 Å². The molecule has 0 aliphatic carbocycles. The summed E-state index contributed by atoms with van der Waals surface area (Å²) < 4.78 is 0. The Kier molecular flexibility index (Phi) is 5.65. The summed E-state index contributed by atoms with van der Waals surface area (Å²) in [7, 11) is 0. The third-order valence-corrected chi connectivity index (χ3v) is 4.70. The lowest BCUT2D eigenvalue weighted by atomic mass is 9.95. The molecule has 5 heteroatoms. The summed E-state index contributed by atoms with van der Waals surface area (Å²) in [6.45, 7) is 1.22. The second-order valence-electron chi connectivity index (χ2n) is 6.50. The molecule has 0 unspecified atom stereocenters. The van der Waals surface area contributed by atoms with Crippen molar-refractivity contribution in [3.05, 3.63) is 65.7 Å². The highest BCUT2D eigenvalue weighted by molar-refractivity contribution is 5.92. The zero-order valence-corrected chi connectivity index (χ0v) is 14.5. The number of carbonyl (C=O) groups excluding carboxylic acids is 2. The fourth-order valence-corrected chi connectivity index (χ4v) is 3.15. The predicted molar refractivity (Wildman–Crippen MR) is 99.2 cm³/mol. The van der Waals surface area contributed by atoms with Gasteiger partial charge in [0.15, 0.2) is 0 Å². The molecule has 1 N–H and O–H groups in total. The number of amides is 2. The summed E-state index contributed by atoms with van der Waals surface area (Å²) in [6, 6.07) is 18.6. The number of anilines is 1. The average Bonchev–Trinajstić information content (AvgIpc) is 2.69. The van der Waals surface area contributed by atoms with Gasteiger partial charge in [-0.15, -0.1) is 0 Å². The molecule has 2 aromatic carbocycles. The number of hydrogen-bond acceptors (Lipinski definition) is 3. The molecule has 1 aliphatic rings. The zero-order chi connectivity index (χ0) is 18.4. The van der Waals surface area contributed by atoms with Crippen LogP contribution in [0.15, 0.2) is 54.6 Å². The number of carbonyl (C=O) groups is 2. The van der Waals surface area contributed by atoms with Crippen molar-refractivity contribution < 1.29 is 9.59 Å². The number of piperidine rings is 1. The molecule has 1 fully saturated rings. The molecule has 0 bridgehead atoms. The van der Waals surface area contributed by atoms with E-state index in [1.807, 2.05) is 35.2 Å². The molecule has 2 aromatic rings. The van der Waals surface area contributed by atoms with Crippen LogP contribution in [0.3, 0.4) is 0 Å². The molecule has 132 valence electrons. The van der Waals surface area contributed by atoms with Crippen molar-refractivity contribution in [1.29, 1.82) is 5.26 Å². The first-order valence-electron chi connectivity index (χ1n) is 8.78. The SMILES string of the molecule is N#Cc1ccc(NC(=O)C2CCN(C(=O)Cc3ccccc3)CC2)cc1. The first-order chi connectivity index (χ1) is 12.7. The second kappa shape index (κ2) is 8.30. The minimum Gasteiger partial charge on any atom is -0.342 e. The minimum atomic E-state index is -0.0913. The molecule has 5 nitrogen and oxygen atoms in total. The van der Waals surface area contributed by atoms with E-state index < -0.39 is 0 Å². The van der Waals surface area contributed by atoms with Gasteiger partial charge in [-0.3, -0.25) is 9.59 Å². The Balaban J connectivity index is 1.48. The van der Waals surface area contributed by atoms with Gasteiger partial charge in [-0.05, 0) is 42.7 Å². The van der Waals surface area contributed by atoms with Gasteiger partial charge in [0.05, 0.1) is 18.1 Å². The van der Waals surface area contributed by atoms with Crippen LogP contribution in [0.25, 0.3) is 0 Å². The maximum Gasteiger partial charge on any atom is 0.227 e. The van der Waals surface area contributed by atoms with E-state index in [1.54, 1.807) is 24.3 Å². The summed E-state index contributed by atoms with van der Waals surface area (Å²) in [5.74, 6) is -0.00145. The van der Waals surface area contributed by atoms with Gasteiger partial charge in [0.1, 0.15) is 0 Å². The normalized spacial score (nSPS) is 14.5. The van der Waals surface area contributed by atoms with Gasteiger partial charge in [-0.25, -0.2) is 0 Å². The van der Waals surface area contributed by atoms with Crippen molar-refractivity contribution in [3.8, 4) is 6.07 Å². The van der Waals surface area contributed by atoms with Gasteiger partial charge in [-0.1, -0.05) is 30.3 Å². The van der Waals surface area contributed by atoms with Crippen LogP contribution >= 0.6 is 0 Å². The molecule has 0 aromatic heterocycles. The molecule has 0 atom stereocenters. The minimum absolute atomic E-state index is 0.0233. The van der Waals surface area contributed by atoms with Crippen molar-refractivity contribution in [3.63, 3.8) is 0 Å². The first-order valence-corrected chi connectivity index (χ1v) is 8.78. The van der Waals surface area contributed by atoms with Crippen LogP contribution < -0.4 is 5.32 Å². The van der Waals surface area contributed by atoms with E-state index in [-0.39, 0.29) is 17.7 Å². The Morgan fingerprint density at radius 1 is 1.04 bits per heavy atom. The number of nitrogens with one attached hydrogen (secondary N) is 1. The van der Waals surface area contributed by atoms with Crippen molar-refractivity contribution >= 4 is 17.5 Å². The van der Waals surface area contributed by atoms with Crippen LogP contribution in [0.5, 0.6) is 0 Å². The smallest absolute Gasteiger partial charge is 0.227 e. The average molecular weight is 347 g/mol. The van der Waals surface area contributed by atoms with Crippen LogP contribution in [-0.4, -0.2) is 29.8 Å². The number of rotatable bonds is 4. The monoisotopic (exact) mass is 347 g/mol. The van der Waals surface area contributed by atoms with E-state index in [9.17, 15) is 9.59 Å². The Bertz CT molecular complexity index is 801. The lowest BCUT2D eigenvalue weighted by Gasteiger charge is -2.31. The maximum atomic E-state index is 12.4. The molecule has 0 spiro atoms. The molecular formula is C21H21N3O2. The Hall–Kier alpha value is -3.13. The fraction of sp³-hybridized carbons (Fsp3) is 0.286. The fourth-order valence-electron chi connectivity index (χ4n) is 3.15. The van der Waals surface area contributed by atoms with Crippen LogP contribution in [-0.2, 0) is 16.0 Å². The standard InChI is InChI=1S/C21H21N3O2/c22-15-17-6-8-19(9-7-17)23-21(26)18-10-12-24(13-11-18)20(25)14-16-4-2-1-3-5-16/h1-9,18H,10-14H2,(H,23,26). The zero-order valence-electron chi connectivity index (χ0n) is 14.5. The highest BCUT2D eigenvalue weighted by atomic mass is 16.2. The predicted octanol–water partition coefficient (Wildman–Crippen LogP) is 2.98. The van der Waals surface area contributed by atoms with Gasteiger partial charge in [0, 0.05) is 24.7 Å². The number of hydrogen-bond donors (Lipinski definition) is 1. The van der Waals surface area contributed by atoms with Crippen molar-refractivity contribution in [2.45, 2.75) is 19.3 Å². The molecule has 0 radical (unpaired) electrons. The van der Waals surface area contributed by atoms with Gasteiger partial charge in [-0.2, -0.15) is 5.26 Å². The highest BCUT2D eigenvalue weighted by Crippen LogP contribution is 2.20. The third-order valence-electron chi connectivity index (χ3n) is 4.70. The van der Waals surface area contributed by atoms with E-state index in [1.165, 1.54) is 0 Å². The van der Waals surface area contributed by atoms with Crippen molar-refractivity contribution in [2.24, 2.45) is 5.92 Å². The molecular weight excluding hydrogens is 326 g/mol. The lowest BCUT2D eigenvalue weighted by molar-refractivity contribution is -0.133. The van der Waals surface area contributed by atoms with E-state index in [0.717, 1.165) is 5.56 Å². The highest BCUT2D eigenvalue weighted by Gasteiger charge is 2.27. The quantitative estimate of drug-likeness (QED) is 0.924. The maximum absolute atomic E-state index is 12.4. The largest absolute Gasteiger partial charge is 0.342 e. The topological polar surface area (TPSA) is 73.2 Å². The summed E-state index contributed by atoms with van der Waals surface area (Å²) >= 11 is 0.